The van der Waals surface area contributed by atoms with Gasteiger partial charge >= 0.3 is 0 Å². The Balaban J connectivity index is 2.03. The number of aromatic nitrogens is 2. The highest BCUT2D eigenvalue weighted by Gasteiger charge is 2.17. The molecule has 104 valence electrons. The molecule has 1 fully saturated rings. The van der Waals surface area contributed by atoms with Crippen LogP contribution in [0.4, 0.5) is 5.82 Å². The number of nitrogens with zero attached hydrogens (tertiary/aromatic N) is 3. The van der Waals surface area contributed by atoms with Crippen molar-refractivity contribution in [3.63, 3.8) is 0 Å². The molecule has 0 unspecified atom stereocenters. The third-order valence-corrected chi connectivity index (χ3v) is 4.05. The van der Waals surface area contributed by atoms with Crippen LogP contribution in [0.2, 0.25) is 0 Å². The molecule has 0 atom stereocenters. The Kier molecular flexibility index (Phi) is 3.68. The third kappa shape index (κ3) is 2.53. The monoisotopic (exact) mass is 267 g/mol. The number of hydrogen-bond acceptors (Lipinski definition) is 3. The highest BCUT2D eigenvalue weighted by atomic mass is 15.2. The van der Waals surface area contributed by atoms with E-state index in [0.29, 0.717) is 0 Å². The molecule has 0 spiro atoms. The van der Waals surface area contributed by atoms with Crippen LogP contribution in [0.5, 0.6) is 0 Å². The summed E-state index contributed by atoms with van der Waals surface area (Å²) in [7, 11) is 0. The second-order valence-electron chi connectivity index (χ2n) is 5.49. The maximum absolute atomic E-state index is 4.84. The molecule has 1 aromatic heterocycles. The van der Waals surface area contributed by atoms with Crippen LogP contribution in [0.3, 0.4) is 0 Å². The largest absolute Gasteiger partial charge is 0.356 e. The van der Waals surface area contributed by atoms with E-state index in [0.717, 1.165) is 36.0 Å². The van der Waals surface area contributed by atoms with E-state index >= 15 is 0 Å². The number of aryl methyl sites for hydroxylation is 1. The van der Waals surface area contributed by atoms with E-state index in [1.165, 1.54) is 24.8 Å². The van der Waals surface area contributed by atoms with Gasteiger partial charge in [-0.15, -0.1) is 0 Å². The molecule has 1 aliphatic heterocycles. The van der Waals surface area contributed by atoms with Crippen molar-refractivity contribution in [2.24, 2.45) is 0 Å². The van der Waals surface area contributed by atoms with Crippen molar-refractivity contribution in [3.05, 3.63) is 41.6 Å². The Morgan fingerprint density at radius 3 is 2.30 bits per heavy atom. The van der Waals surface area contributed by atoms with Crippen molar-refractivity contribution in [2.75, 3.05) is 18.0 Å². The Bertz CT molecular complexity index is 587. The summed E-state index contributed by atoms with van der Waals surface area (Å²) in [5.41, 5.74) is 3.39. The molecule has 0 N–H and O–H groups in total. The average Bonchev–Trinajstić information content (AvgIpc) is 2.51. The third-order valence-electron chi connectivity index (χ3n) is 4.05. The van der Waals surface area contributed by atoms with Gasteiger partial charge in [0.1, 0.15) is 5.82 Å². The van der Waals surface area contributed by atoms with Gasteiger partial charge in [-0.25, -0.2) is 9.97 Å². The van der Waals surface area contributed by atoms with Gasteiger partial charge < -0.3 is 4.90 Å². The molecular formula is C17H21N3. The average molecular weight is 267 g/mol. The molecule has 0 aliphatic carbocycles. The van der Waals surface area contributed by atoms with Crippen LogP contribution in [0.15, 0.2) is 30.3 Å². The van der Waals surface area contributed by atoms with Crippen molar-refractivity contribution in [2.45, 2.75) is 33.1 Å². The van der Waals surface area contributed by atoms with Crippen LogP contribution in [0.25, 0.3) is 11.4 Å². The van der Waals surface area contributed by atoms with Crippen molar-refractivity contribution in [1.29, 1.82) is 0 Å². The molecule has 1 aliphatic rings. The van der Waals surface area contributed by atoms with Gasteiger partial charge in [-0.1, -0.05) is 30.3 Å². The Morgan fingerprint density at radius 1 is 0.900 bits per heavy atom. The van der Waals surface area contributed by atoms with Crippen LogP contribution in [-0.2, 0) is 0 Å². The predicted molar refractivity (Wildman–Crippen MR) is 83.0 cm³/mol. The molecule has 1 aromatic carbocycles. The number of hydrogen-bond donors (Lipinski definition) is 0. The zero-order chi connectivity index (χ0) is 13.9. The minimum absolute atomic E-state index is 0.842. The van der Waals surface area contributed by atoms with Crippen molar-refractivity contribution in [1.82, 2.24) is 9.97 Å². The Morgan fingerprint density at radius 2 is 1.60 bits per heavy atom. The lowest BCUT2D eigenvalue weighted by Crippen LogP contribution is -2.31. The summed E-state index contributed by atoms with van der Waals surface area (Å²) < 4.78 is 0. The van der Waals surface area contributed by atoms with Gasteiger partial charge in [0.25, 0.3) is 0 Å². The quantitative estimate of drug-likeness (QED) is 0.829. The number of anilines is 1. The summed E-state index contributed by atoms with van der Waals surface area (Å²) in [5.74, 6) is 1.96. The molecule has 0 amide bonds. The summed E-state index contributed by atoms with van der Waals surface area (Å²) in [5, 5.41) is 0. The first-order chi connectivity index (χ1) is 9.75. The first-order valence-corrected chi connectivity index (χ1v) is 7.41. The molecular weight excluding hydrogens is 246 g/mol. The maximum Gasteiger partial charge on any atom is 0.161 e. The van der Waals surface area contributed by atoms with E-state index in [1.54, 1.807) is 0 Å². The smallest absolute Gasteiger partial charge is 0.161 e. The fourth-order valence-electron chi connectivity index (χ4n) is 2.74. The van der Waals surface area contributed by atoms with E-state index in [9.17, 15) is 0 Å². The van der Waals surface area contributed by atoms with Crippen LogP contribution in [-0.4, -0.2) is 23.1 Å². The normalized spacial score (nSPS) is 15.4. The second kappa shape index (κ2) is 5.61. The second-order valence-corrected chi connectivity index (χ2v) is 5.49. The highest BCUT2D eigenvalue weighted by Crippen LogP contribution is 2.26. The van der Waals surface area contributed by atoms with Crippen molar-refractivity contribution >= 4 is 5.82 Å². The van der Waals surface area contributed by atoms with Crippen molar-refractivity contribution in [3.8, 4) is 11.4 Å². The van der Waals surface area contributed by atoms with E-state index in [2.05, 4.69) is 35.9 Å². The molecule has 0 bridgehead atoms. The first-order valence-electron chi connectivity index (χ1n) is 7.41. The molecule has 3 rings (SSSR count). The van der Waals surface area contributed by atoms with E-state index in [-0.39, 0.29) is 0 Å². The number of rotatable bonds is 2. The Hall–Kier alpha value is -1.90. The van der Waals surface area contributed by atoms with Gasteiger partial charge in [-0.05, 0) is 33.1 Å². The van der Waals surface area contributed by atoms with E-state index < -0.39 is 0 Å². The summed E-state index contributed by atoms with van der Waals surface area (Å²) in [4.78, 5) is 11.9. The van der Waals surface area contributed by atoms with Crippen LogP contribution in [0.1, 0.15) is 30.5 Å². The molecule has 20 heavy (non-hydrogen) atoms. The van der Waals surface area contributed by atoms with Gasteiger partial charge in [0.2, 0.25) is 0 Å². The lowest BCUT2D eigenvalue weighted by atomic mass is 10.1. The van der Waals surface area contributed by atoms with Gasteiger partial charge in [-0.3, -0.25) is 0 Å². The summed E-state index contributed by atoms with van der Waals surface area (Å²) in [6.45, 7) is 6.45. The molecule has 3 heteroatoms. The summed E-state index contributed by atoms with van der Waals surface area (Å²) in [6, 6.07) is 10.2. The van der Waals surface area contributed by atoms with Crippen LogP contribution >= 0.6 is 0 Å². The van der Waals surface area contributed by atoms with Crippen LogP contribution in [0, 0.1) is 13.8 Å². The fourth-order valence-corrected chi connectivity index (χ4v) is 2.74. The molecule has 1 saturated heterocycles. The minimum Gasteiger partial charge on any atom is -0.356 e. The predicted octanol–water partition coefficient (Wildman–Crippen LogP) is 3.75. The topological polar surface area (TPSA) is 29.0 Å². The zero-order valence-corrected chi connectivity index (χ0v) is 12.3. The maximum atomic E-state index is 4.84. The molecule has 3 nitrogen and oxygen atoms in total. The van der Waals surface area contributed by atoms with Crippen molar-refractivity contribution < 1.29 is 0 Å². The Labute approximate surface area is 120 Å². The lowest BCUT2D eigenvalue weighted by molar-refractivity contribution is 0.572. The van der Waals surface area contributed by atoms with E-state index in [1.807, 2.05) is 18.2 Å². The van der Waals surface area contributed by atoms with E-state index in [4.69, 9.17) is 4.98 Å². The lowest BCUT2D eigenvalue weighted by Gasteiger charge is -2.29. The SMILES string of the molecule is Cc1nc(-c2ccccc2)nc(N2CCCCC2)c1C. The first kappa shape index (κ1) is 13.1. The molecule has 0 radical (unpaired) electrons. The zero-order valence-electron chi connectivity index (χ0n) is 12.3. The number of piperidine rings is 1. The standard InChI is InChI=1S/C17H21N3/c1-13-14(2)18-16(15-9-5-3-6-10-15)19-17(13)20-11-7-4-8-12-20/h3,5-6,9-10H,4,7-8,11-12H2,1-2H3. The molecule has 2 aromatic rings. The number of benzene rings is 1. The van der Waals surface area contributed by atoms with Gasteiger partial charge in [0, 0.05) is 29.9 Å². The van der Waals surface area contributed by atoms with Crippen LogP contribution < -0.4 is 4.90 Å². The van der Waals surface area contributed by atoms with Gasteiger partial charge in [-0.2, -0.15) is 0 Å². The molecule has 2 heterocycles. The minimum atomic E-state index is 0.842. The summed E-state index contributed by atoms with van der Waals surface area (Å²) >= 11 is 0. The fraction of sp³-hybridized carbons (Fsp3) is 0.412. The molecule has 0 saturated carbocycles. The van der Waals surface area contributed by atoms with Gasteiger partial charge in [0.05, 0.1) is 0 Å². The summed E-state index contributed by atoms with van der Waals surface area (Å²) in [6.07, 6.45) is 3.87. The van der Waals surface area contributed by atoms with Gasteiger partial charge in [0.15, 0.2) is 5.82 Å². The highest BCUT2D eigenvalue weighted by molar-refractivity contribution is 5.60.